The Morgan fingerprint density at radius 2 is 2.00 bits per heavy atom. The Bertz CT molecular complexity index is 619. The maximum Gasteiger partial charge on any atom is 0.354 e. The first-order valence-corrected chi connectivity index (χ1v) is 5.84. The van der Waals surface area contributed by atoms with E-state index >= 15 is 0 Å². The van der Waals surface area contributed by atoms with E-state index in [0.29, 0.717) is 12.2 Å². The fourth-order valence-corrected chi connectivity index (χ4v) is 1.67. The highest BCUT2D eigenvalue weighted by Crippen LogP contribution is 2.16. The molecule has 0 bridgehead atoms. The highest BCUT2D eigenvalue weighted by molar-refractivity contribution is 5.87. The van der Waals surface area contributed by atoms with Gasteiger partial charge < -0.3 is 15.0 Å². The van der Waals surface area contributed by atoms with Gasteiger partial charge >= 0.3 is 5.97 Å². The number of anilines is 1. The Labute approximate surface area is 114 Å². The molecular weight excluding hydrogens is 262 g/mol. The van der Waals surface area contributed by atoms with Gasteiger partial charge in [0.05, 0.1) is 18.6 Å². The molecule has 0 unspecified atom stereocenters. The summed E-state index contributed by atoms with van der Waals surface area (Å²) < 4.78 is 4.59. The molecule has 2 N–H and O–H groups in total. The van der Waals surface area contributed by atoms with Crippen LogP contribution in [-0.2, 0) is 11.3 Å². The number of rotatable bonds is 5. The molecule has 0 atom stereocenters. The third-order valence-corrected chi connectivity index (χ3v) is 2.71. The molecule has 0 aliphatic heterocycles. The highest BCUT2D eigenvalue weighted by atomic mass is 16.6. The summed E-state index contributed by atoms with van der Waals surface area (Å²) in [6.45, 7) is 0.467. The number of aromatic nitrogens is 1. The van der Waals surface area contributed by atoms with Crippen molar-refractivity contribution in [1.29, 1.82) is 0 Å². The number of nitro groups is 1. The minimum Gasteiger partial charge on any atom is -0.464 e. The number of non-ortho nitro benzene ring substituents is 1. The van der Waals surface area contributed by atoms with E-state index in [2.05, 4.69) is 15.0 Å². The van der Waals surface area contributed by atoms with Gasteiger partial charge in [-0.05, 0) is 24.3 Å². The van der Waals surface area contributed by atoms with Crippen LogP contribution in [0.15, 0.2) is 36.4 Å². The van der Waals surface area contributed by atoms with Crippen molar-refractivity contribution in [3.63, 3.8) is 0 Å². The first-order valence-electron chi connectivity index (χ1n) is 5.84. The Morgan fingerprint density at radius 3 is 2.60 bits per heavy atom. The summed E-state index contributed by atoms with van der Waals surface area (Å²) in [5.74, 6) is -0.424. The number of ether oxygens (including phenoxy) is 1. The molecule has 0 radical (unpaired) electrons. The Balaban J connectivity index is 1.96. The molecule has 7 heteroatoms. The van der Waals surface area contributed by atoms with E-state index < -0.39 is 10.9 Å². The second-order valence-corrected chi connectivity index (χ2v) is 4.05. The van der Waals surface area contributed by atoms with E-state index in [4.69, 9.17) is 0 Å². The third kappa shape index (κ3) is 3.14. The number of nitro benzene ring substituents is 1. The van der Waals surface area contributed by atoms with Crippen LogP contribution in [0.5, 0.6) is 0 Å². The van der Waals surface area contributed by atoms with Crippen LogP contribution in [-0.4, -0.2) is 23.0 Å². The number of nitrogens with one attached hydrogen (secondary N) is 2. The van der Waals surface area contributed by atoms with Gasteiger partial charge in [-0.15, -0.1) is 0 Å². The van der Waals surface area contributed by atoms with E-state index in [1.807, 2.05) is 0 Å². The van der Waals surface area contributed by atoms with E-state index in [1.165, 1.54) is 19.2 Å². The molecule has 0 saturated heterocycles. The minimum absolute atomic E-state index is 0.0448. The lowest BCUT2D eigenvalue weighted by atomic mass is 10.3. The lowest BCUT2D eigenvalue weighted by Gasteiger charge is -2.04. The SMILES string of the molecule is COC(=O)c1ccc(CNc2ccc([N+](=O)[O-])cc2)[nH]1. The molecule has 104 valence electrons. The van der Waals surface area contributed by atoms with Gasteiger partial charge in [0.15, 0.2) is 0 Å². The molecule has 0 spiro atoms. The fraction of sp³-hybridized carbons (Fsp3) is 0.154. The zero-order valence-electron chi connectivity index (χ0n) is 10.8. The molecule has 0 aliphatic carbocycles. The van der Waals surface area contributed by atoms with Crippen molar-refractivity contribution in [3.05, 3.63) is 57.9 Å². The standard InChI is InChI=1S/C13H13N3O4/c1-20-13(17)12-7-4-10(15-12)8-14-9-2-5-11(6-3-9)16(18)19/h2-7,14-15H,8H2,1H3. The average molecular weight is 275 g/mol. The molecule has 0 saturated carbocycles. The van der Waals surface area contributed by atoms with E-state index in [1.54, 1.807) is 24.3 Å². The van der Waals surface area contributed by atoms with Crippen LogP contribution >= 0.6 is 0 Å². The van der Waals surface area contributed by atoms with Crippen LogP contribution in [0.1, 0.15) is 16.2 Å². The monoisotopic (exact) mass is 275 g/mol. The Hall–Kier alpha value is -2.83. The number of hydrogen-bond donors (Lipinski definition) is 2. The molecule has 2 rings (SSSR count). The second kappa shape index (κ2) is 5.87. The van der Waals surface area contributed by atoms with Crippen molar-refractivity contribution in [2.75, 3.05) is 12.4 Å². The smallest absolute Gasteiger partial charge is 0.354 e. The summed E-state index contributed by atoms with van der Waals surface area (Å²) >= 11 is 0. The van der Waals surface area contributed by atoms with Gasteiger partial charge in [-0.3, -0.25) is 10.1 Å². The van der Waals surface area contributed by atoms with Crippen molar-refractivity contribution in [3.8, 4) is 0 Å². The molecule has 1 aromatic carbocycles. The van der Waals surface area contributed by atoms with Crippen molar-refractivity contribution in [2.24, 2.45) is 0 Å². The summed E-state index contributed by atoms with van der Waals surface area (Å²) in [5, 5.41) is 13.6. The number of carbonyl (C=O) groups is 1. The normalized spacial score (nSPS) is 10.1. The first kappa shape index (κ1) is 13.6. The van der Waals surface area contributed by atoms with Crippen LogP contribution in [0.4, 0.5) is 11.4 Å². The predicted molar refractivity (Wildman–Crippen MR) is 72.6 cm³/mol. The predicted octanol–water partition coefficient (Wildman–Crippen LogP) is 2.32. The molecular formula is C13H13N3O4. The molecule has 0 aliphatic rings. The third-order valence-electron chi connectivity index (χ3n) is 2.71. The lowest BCUT2D eigenvalue weighted by Crippen LogP contribution is -2.03. The molecule has 0 amide bonds. The number of benzene rings is 1. The molecule has 2 aromatic rings. The maximum absolute atomic E-state index is 11.3. The van der Waals surface area contributed by atoms with Crippen LogP contribution < -0.4 is 5.32 Å². The van der Waals surface area contributed by atoms with E-state index in [9.17, 15) is 14.9 Å². The van der Waals surface area contributed by atoms with Gasteiger partial charge in [0.25, 0.3) is 5.69 Å². The van der Waals surface area contributed by atoms with E-state index in [0.717, 1.165) is 11.4 Å². The zero-order valence-corrected chi connectivity index (χ0v) is 10.8. The van der Waals surface area contributed by atoms with Crippen LogP contribution in [0.25, 0.3) is 0 Å². The largest absolute Gasteiger partial charge is 0.464 e. The fourth-order valence-electron chi connectivity index (χ4n) is 1.67. The Morgan fingerprint density at radius 1 is 1.30 bits per heavy atom. The maximum atomic E-state index is 11.3. The van der Waals surface area contributed by atoms with Gasteiger partial charge in [0.2, 0.25) is 0 Å². The average Bonchev–Trinajstić information content (AvgIpc) is 2.93. The second-order valence-electron chi connectivity index (χ2n) is 4.05. The molecule has 1 heterocycles. The van der Waals surface area contributed by atoms with Crippen molar-refractivity contribution in [1.82, 2.24) is 4.98 Å². The number of aromatic amines is 1. The summed E-state index contributed by atoms with van der Waals surface area (Å²) in [4.78, 5) is 24.3. The number of carbonyl (C=O) groups excluding carboxylic acids is 1. The van der Waals surface area contributed by atoms with Gasteiger partial charge in [-0.1, -0.05) is 0 Å². The minimum atomic E-state index is -0.447. The summed E-state index contributed by atoms with van der Waals surface area (Å²) in [6.07, 6.45) is 0. The molecule has 1 aromatic heterocycles. The molecule has 0 fully saturated rings. The van der Waals surface area contributed by atoms with Crippen LogP contribution in [0.2, 0.25) is 0 Å². The first-order chi connectivity index (χ1) is 9.60. The quantitative estimate of drug-likeness (QED) is 0.496. The summed E-state index contributed by atoms with van der Waals surface area (Å²) in [5.41, 5.74) is 1.99. The van der Waals surface area contributed by atoms with Crippen LogP contribution in [0.3, 0.4) is 0 Å². The van der Waals surface area contributed by atoms with E-state index in [-0.39, 0.29) is 5.69 Å². The van der Waals surface area contributed by atoms with Crippen molar-refractivity contribution < 1.29 is 14.5 Å². The number of esters is 1. The molecule has 20 heavy (non-hydrogen) atoms. The zero-order chi connectivity index (χ0) is 14.5. The highest BCUT2D eigenvalue weighted by Gasteiger charge is 2.08. The van der Waals surface area contributed by atoms with Crippen molar-refractivity contribution >= 4 is 17.3 Å². The number of nitrogens with zero attached hydrogens (tertiary/aromatic N) is 1. The van der Waals surface area contributed by atoms with Gasteiger partial charge in [-0.2, -0.15) is 0 Å². The summed E-state index contributed by atoms with van der Waals surface area (Å²) in [6, 6.07) is 9.52. The number of methoxy groups -OCH3 is 1. The summed E-state index contributed by atoms with van der Waals surface area (Å²) in [7, 11) is 1.32. The number of hydrogen-bond acceptors (Lipinski definition) is 5. The number of H-pyrrole nitrogens is 1. The molecule has 7 nitrogen and oxygen atoms in total. The van der Waals surface area contributed by atoms with Gasteiger partial charge in [-0.25, -0.2) is 4.79 Å². The van der Waals surface area contributed by atoms with Gasteiger partial charge in [0, 0.05) is 23.5 Å². The van der Waals surface area contributed by atoms with Crippen LogP contribution in [0, 0.1) is 10.1 Å². The van der Waals surface area contributed by atoms with Gasteiger partial charge in [0.1, 0.15) is 5.69 Å². The lowest BCUT2D eigenvalue weighted by molar-refractivity contribution is -0.384. The van der Waals surface area contributed by atoms with Crippen molar-refractivity contribution in [2.45, 2.75) is 6.54 Å². The Kier molecular flexibility index (Phi) is 3.99. The topological polar surface area (TPSA) is 97.3 Å².